The van der Waals surface area contributed by atoms with Gasteiger partial charge in [0.2, 0.25) is 0 Å². The van der Waals surface area contributed by atoms with Crippen LogP contribution in [0.1, 0.15) is 35.4 Å². The first-order valence-corrected chi connectivity index (χ1v) is 7.65. The van der Waals surface area contributed by atoms with Gasteiger partial charge in [0.25, 0.3) is 0 Å². The Morgan fingerprint density at radius 1 is 1.41 bits per heavy atom. The summed E-state index contributed by atoms with van der Waals surface area (Å²) < 4.78 is 32.3. The second-order valence-electron chi connectivity index (χ2n) is 5.51. The Labute approximate surface area is 130 Å². The third-order valence-electron chi connectivity index (χ3n) is 3.85. The predicted octanol–water partition coefficient (Wildman–Crippen LogP) is 3.67. The fraction of sp³-hybridized carbons (Fsp3) is 0.333. The minimum atomic E-state index is -0.860. The molecule has 0 saturated heterocycles. The van der Waals surface area contributed by atoms with Crippen LogP contribution in [0.15, 0.2) is 34.0 Å². The van der Waals surface area contributed by atoms with Gasteiger partial charge in [0.15, 0.2) is 5.17 Å². The number of hydrogen-bond donors (Lipinski definition) is 1. The van der Waals surface area contributed by atoms with Crippen LogP contribution in [-0.4, -0.2) is 10.3 Å². The van der Waals surface area contributed by atoms with Crippen LogP contribution >= 0.6 is 11.8 Å². The molecule has 2 N–H and O–H groups in total. The van der Waals surface area contributed by atoms with Crippen LogP contribution in [0, 0.1) is 18.6 Å². The van der Waals surface area contributed by atoms with Crippen molar-refractivity contribution in [2.24, 2.45) is 10.7 Å². The summed E-state index contributed by atoms with van der Waals surface area (Å²) in [5.41, 5.74) is 7.10. The number of halogens is 2. The van der Waals surface area contributed by atoms with Crippen LogP contribution in [0.25, 0.3) is 0 Å². The monoisotopic (exact) mass is 323 g/mol. The summed E-state index contributed by atoms with van der Waals surface area (Å²) in [6.07, 6.45) is 2.09. The van der Waals surface area contributed by atoms with Crippen LogP contribution < -0.4 is 5.73 Å². The maximum atomic E-state index is 14.2. The van der Waals surface area contributed by atoms with Crippen molar-refractivity contribution < 1.29 is 13.3 Å². The molecule has 2 heterocycles. The molecule has 2 atom stereocenters. The van der Waals surface area contributed by atoms with Gasteiger partial charge in [0.05, 0.1) is 11.2 Å². The van der Waals surface area contributed by atoms with Crippen LogP contribution in [0.3, 0.4) is 0 Å². The van der Waals surface area contributed by atoms with Gasteiger partial charge in [-0.25, -0.2) is 8.78 Å². The lowest BCUT2D eigenvalue weighted by Crippen LogP contribution is -2.31. The molecule has 1 aromatic carbocycles. The standard InChI is InChI=1S/C15H15F2N3OS/c1-8-10(7-21-20-8)13-6-15(2,19-14(18)22-13)11-4-3-9(16)5-12(11)17/h3-5,7,13H,6H2,1-2H3,(H2,18,19)/t13-,15-/m0/s1. The van der Waals surface area contributed by atoms with E-state index in [9.17, 15) is 8.78 Å². The van der Waals surface area contributed by atoms with E-state index >= 15 is 0 Å². The lowest BCUT2D eigenvalue weighted by molar-refractivity contribution is 0.409. The summed E-state index contributed by atoms with van der Waals surface area (Å²) in [5, 5.41) is 4.19. The van der Waals surface area contributed by atoms with E-state index in [4.69, 9.17) is 10.3 Å². The second-order valence-corrected chi connectivity index (χ2v) is 6.74. The van der Waals surface area contributed by atoms with Crippen molar-refractivity contribution in [3.8, 4) is 0 Å². The SMILES string of the molecule is Cc1nocc1[C@@H]1C[C@@](C)(c2ccc(F)cc2F)N=C(N)S1. The molecule has 7 heteroatoms. The van der Waals surface area contributed by atoms with E-state index in [0.29, 0.717) is 17.2 Å². The summed E-state index contributed by atoms with van der Waals surface area (Å²) in [6.45, 7) is 3.64. The summed E-state index contributed by atoms with van der Waals surface area (Å²) in [6, 6.07) is 3.53. The molecule has 1 aliphatic rings. The highest BCUT2D eigenvalue weighted by atomic mass is 32.2. The van der Waals surface area contributed by atoms with Gasteiger partial charge in [-0.15, -0.1) is 0 Å². The molecule has 0 saturated carbocycles. The largest absolute Gasteiger partial charge is 0.378 e. The Morgan fingerprint density at radius 2 is 2.18 bits per heavy atom. The Morgan fingerprint density at radius 3 is 2.82 bits per heavy atom. The highest BCUT2D eigenvalue weighted by Crippen LogP contribution is 2.47. The second kappa shape index (κ2) is 5.39. The van der Waals surface area contributed by atoms with Crippen molar-refractivity contribution in [1.29, 1.82) is 0 Å². The van der Waals surface area contributed by atoms with Gasteiger partial charge in [0, 0.05) is 22.4 Å². The molecule has 0 aliphatic carbocycles. The van der Waals surface area contributed by atoms with Gasteiger partial charge in [-0.1, -0.05) is 23.0 Å². The van der Waals surface area contributed by atoms with Gasteiger partial charge in [-0.05, 0) is 26.3 Å². The quantitative estimate of drug-likeness (QED) is 0.916. The molecule has 0 unspecified atom stereocenters. The molecule has 4 nitrogen and oxygen atoms in total. The number of amidine groups is 1. The number of nitrogens with zero attached hydrogens (tertiary/aromatic N) is 2. The van der Waals surface area contributed by atoms with Crippen LogP contribution in [0.2, 0.25) is 0 Å². The Hall–Kier alpha value is -1.89. The zero-order valence-electron chi connectivity index (χ0n) is 12.1. The summed E-state index contributed by atoms with van der Waals surface area (Å²) >= 11 is 1.40. The van der Waals surface area contributed by atoms with Crippen molar-refractivity contribution in [1.82, 2.24) is 5.16 Å². The van der Waals surface area contributed by atoms with Crippen molar-refractivity contribution in [2.45, 2.75) is 31.1 Å². The van der Waals surface area contributed by atoms with Crippen molar-refractivity contribution in [3.63, 3.8) is 0 Å². The average molecular weight is 323 g/mol. The zero-order valence-corrected chi connectivity index (χ0v) is 13.0. The molecular weight excluding hydrogens is 308 g/mol. The Kier molecular flexibility index (Phi) is 3.68. The van der Waals surface area contributed by atoms with Gasteiger partial charge in [-0.2, -0.15) is 0 Å². The van der Waals surface area contributed by atoms with E-state index < -0.39 is 17.2 Å². The number of rotatable bonds is 2. The number of aliphatic imine (C=N–C) groups is 1. The predicted molar refractivity (Wildman–Crippen MR) is 81.5 cm³/mol. The first-order chi connectivity index (χ1) is 10.4. The Bertz CT molecular complexity index is 746. The molecule has 2 aromatic rings. The first kappa shape index (κ1) is 15.0. The fourth-order valence-electron chi connectivity index (χ4n) is 2.74. The highest BCUT2D eigenvalue weighted by molar-refractivity contribution is 8.14. The number of thioether (sulfide) groups is 1. The maximum Gasteiger partial charge on any atom is 0.155 e. The van der Waals surface area contributed by atoms with Gasteiger partial charge in [0.1, 0.15) is 17.9 Å². The summed E-state index contributed by atoms with van der Waals surface area (Å²) in [7, 11) is 0. The van der Waals surface area contributed by atoms with Crippen LogP contribution in [-0.2, 0) is 5.54 Å². The number of benzene rings is 1. The molecule has 22 heavy (non-hydrogen) atoms. The van der Waals surface area contributed by atoms with Crippen LogP contribution in [0.5, 0.6) is 0 Å². The van der Waals surface area contributed by atoms with E-state index in [2.05, 4.69) is 10.1 Å². The van der Waals surface area contributed by atoms with Crippen molar-refractivity contribution in [3.05, 3.63) is 52.9 Å². The molecule has 3 rings (SSSR count). The van der Waals surface area contributed by atoms with Gasteiger partial charge in [-0.3, -0.25) is 4.99 Å². The first-order valence-electron chi connectivity index (χ1n) is 6.77. The lowest BCUT2D eigenvalue weighted by atomic mass is 9.86. The zero-order chi connectivity index (χ0) is 15.9. The van der Waals surface area contributed by atoms with E-state index in [1.54, 1.807) is 13.2 Å². The van der Waals surface area contributed by atoms with Gasteiger partial charge >= 0.3 is 0 Å². The molecule has 0 radical (unpaired) electrons. The van der Waals surface area contributed by atoms with Crippen LogP contribution in [0.4, 0.5) is 8.78 Å². The molecule has 1 aromatic heterocycles. The number of nitrogens with two attached hydrogens (primary N) is 1. The normalized spacial score (nSPS) is 25.1. The van der Waals surface area contributed by atoms with Gasteiger partial charge < -0.3 is 10.3 Å². The number of hydrogen-bond acceptors (Lipinski definition) is 5. The smallest absolute Gasteiger partial charge is 0.155 e. The van der Waals surface area contributed by atoms with E-state index in [0.717, 1.165) is 17.3 Å². The molecule has 0 bridgehead atoms. The number of aryl methyl sites for hydroxylation is 1. The summed E-state index contributed by atoms with van der Waals surface area (Å²) in [4.78, 5) is 4.41. The topological polar surface area (TPSA) is 64.4 Å². The van der Waals surface area contributed by atoms with Crippen molar-refractivity contribution >= 4 is 16.9 Å². The van der Waals surface area contributed by atoms with E-state index in [-0.39, 0.29) is 5.25 Å². The molecule has 0 spiro atoms. The molecular formula is C15H15F2N3OS. The fourth-order valence-corrected chi connectivity index (χ4v) is 4.05. The molecule has 0 fully saturated rings. The Balaban J connectivity index is 2.02. The highest BCUT2D eigenvalue weighted by Gasteiger charge is 2.38. The van der Waals surface area contributed by atoms with E-state index in [1.807, 2.05) is 6.92 Å². The van der Waals surface area contributed by atoms with Crippen molar-refractivity contribution in [2.75, 3.05) is 0 Å². The number of aromatic nitrogens is 1. The average Bonchev–Trinajstić information content (AvgIpc) is 2.83. The minimum absolute atomic E-state index is 0.0433. The lowest BCUT2D eigenvalue weighted by Gasteiger charge is -2.34. The summed E-state index contributed by atoms with van der Waals surface area (Å²) in [5.74, 6) is -1.23. The maximum absolute atomic E-state index is 14.2. The minimum Gasteiger partial charge on any atom is -0.378 e. The molecule has 0 amide bonds. The van der Waals surface area contributed by atoms with E-state index in [1.165, 1.54) is 23.9 Å². The third kappa shape index (κ3) is 2.61. The molecule has 1 aliphatic heterocycles. The molecule has 116 valence electrons. The third-order valence-corrected chi connectivity index (χ3v) is 4.89.